The van der Waals surface area contributed by atoms with E-state index in [-0.39, 0.29) is 5.41 Å². The topological polar surface area (TPSA) is 20.2 Å². The third-order valence-corrected chi connectivity index (χ3v) is 3.51. The lowest BCUT2D eigenvalue weighted by atomic mass is 9.80. The van der Waals surface area contributed by atoms with E-state index in [2.05, 4.69) is 20.8 Å². The third kappa shape index (κ3) is 4.33. The highest BCUT2D eigenvalue weighted by atomic mass is 35.5. The first-order chi connectivity index (χ1) is 7.77. The molecule has 1 unspecified atom stereocenters. The van der Waals surface area contributed by atoms with Crippen molar-refractivity contribution in [2.24, 2.45) is 5.41 Å². The van der Waals surface area contributed by atoms with Gasteiger partial charge in [-0.1, -0.05) is 51.4 Å². The molecule has 0 spiro atoms. The van der Waals surface area contributed by atoms with Crippen LogP contribution in [0, 0.1) is 5.41 Å². The highest BCUT2D eigenvalue weighted by molar-refractivity contribution is 6.30. The van der Waals surface area contributed by atoms with Gasteiger partial charge in [-0.05, 0) is 42.4 Å². The van der Waals surface area contributed by atoms with Gasteiger partial charge in [0.25, 0.3) is 0 Å². The molecule has 1 atom stereocenters. The molecule has 0 saturated carbocycles. The Morgan fingerprint density at radius 1 is 1.06 bits per heavy atom. The highest BCUT2D eigenvalue weighted by Crippen LogP contribution is 2.34. The average Bonchev–Trinajstić information content (AvgIpc) is 2.26. The number of rotatable bonds is 4. The Kier molecular flexibility index (Phi) is 4.62. The second kappa shape index (κ2) is 5.41. The molecule has 1 nitrogen and oxygen atoms in total. The van der Waals surface area contributed by atoms with E-state index in [1.165, 1.54) is 0 Å². The molecule has 0 heterocycles. The Morgan fingerprint density at radius 2 is 1.59 bits per heavy atom. The van der Waals surface area contributed by atoms with Gasteiger partial charge in [-0.15, -0.1) is 0 Å². The monoisotopic (exact) mass is 254 g/mol. The lowest BCUT2D eigenvalue weighted by Gasteiger charge is -2.31. The van der Waals surface area contributed by atoms with Crippen molar-refractivity contribution in [1.82, 2.24) is 0 Å². The first kappa shape index (κ1) is 14.5. The standard InChI is InChI=1S/C15H23ClO/c1-5-15(17,11-10-14(2,3)4)12-6-8-13(16)9-7-12/h6-9,17H,5,10-11H2,1-4H3. The van der Waals surface area contributed by atoms with Crippen LogP contribution in [0.15, 0.2) is 24.3 Å². The van der Waals surface area contributed by atoms with Crippen molar-refractivity contribution in [1.29, 1.82) is 0 Å². The number of aliphatic hydroxyl groups is 1. The molecule has 17 heavy (non-hydrogen) atoms. The van der Waals surface area contributed by atoms with E-state index in [9.17, 15) is 5.11 Å². The van der Waals surface area contributed by atoms with Gasteiger partial charge in [-0.2, -0.15) is 0 Å². The lowest BCUT2D eigenvalue weighted by Crippen LogP contribution is -2.26. The first-order valence-corrected chi connectivity index (χ1v) is 6.63. The molecule has 1 N–H and O–H groups in total. The van der Waals surface area contributed by atoms with Gasteiger partial charge in [-0.3, -0.25) is 0 Å². The fourth-order valence-corrected chi connectivity index (χ4v) is 1.99. The van der Waals surface area contributed by atoms with Crippen LogP contribution in [-0.4, -0.2) is 5.11 Å². The summed E-state index contributed by atoms with van der Waals surface area (Å²) in [5.41, 5.74) is 0.488. The minimum absolute atomic E-state index is 0.246. The van der Waals surface area contributed by atoms with Crippen LogP contribution in [0.5, 0.6) is 0 Å². The van der Waals surface area contributed by atoms with Gasteiger partial charge in [0.15, 0.2) is 0 Å². The van der Waals surface area contributed by atoms with Gasteiger partial charge in [0.1, 0.15) is 0 Å². The summed E-state index contributed by atoms with van der Waals surface area (Å²) in [7, 11) is 0. The number of hydrogen-bond donors (Lipinski definition) is 1. The molecular weight excluding hydrogens is 232 g/mol. The summed E-state index contributed by atoms with van der Waals surface area (Å²) in [4.78, 5) is 0. The van der Waals surface area contributed by atoms with Crippen LogP contribution < -0.4 is 0 Å². The van der Waals surface area contributed by atoms with Gasteiger partial charge in [0.05, 0.1) is 5.60 Å². The van der Waals surface area contributed by atoms with Crippen molar-refractivity contribution in [2.75, 3.05) is 0 Å². The first-order valence-electron chi connectivity index (χ1n) is 6.25. The maximum Gasteiger partial charge on any atom is 0.0894 e. The molecule has 0 aliphatic heterocycles. The molecule has 0 saturated heterocycles. The summed E-state index contributed by atoms with van der Waals surface area (Å²) >= 11 is 5.87. The SMILES string of the molecule is CCC(O)(CCC(C)(C)C)c1ccc(Cl)cc1. The molecule has 1 aromatic rings. The number of benzene rings is 1. The zero-order chi connectivity index (χ0) is 13.1. The predicted octanol–water partition coefficient (Wildman–Crippen LogP) is 4.76. The van der Waals surface area contributed by atoms with Gasteiger partial charge in [0.2, 0.25) is 0 Å². The van der Waals surface area contributed by atoms with Crippen molar-refractivity contribution >= 4 is 11.6 Å². The normalized spacial score (nSPS) is 15.6. The molecule has 0 radical (unpaired) electrons. The van der Waals surface area contributed by atoms with Crippen LogP contribution in [0.3, 0.4) is 0 Å². The van der Waals surface area contributed by atoms with Gasteiger partial charge >= 0.3 is 0 Å². The highest BCUT2D eigenvalue weighted by Gasteiger charge is 2.28. The summed E-state index contributed by atoms with van der Waals surface area (Å²) in [6.45, 7) is 8.62. The Morgan fingerprint density at radius 3 is 2.00 bits per heavy atom. The predicted molar refractivity (Wildman–Crippen MR) is 74.3 cm³/mol. The minimum atomic E-state index is -0.724. The average molecular weight is 255 g/mol. The quantitative estimate of drug-likeness (QED) is 0.821. The molecule has 0 aliphatic carbocycles. The third-order valence-electron chi connectivity index (χ3n) is 3.26. The van der Waals surface area contributed by atoms with E-state index in [0.717, 1.165) is 24.8 Å². The second-order valence-electron chi connectivity index (χ2n) is 5.95. The second-order valence-corrected chi connectivity index (χ2v) is 6.39. The lowest BCUT2D eigenvalue weighted by molar-refractivity contribution is 0.0128. The molecule has 0 bridgehead atoms. The van der Waals surface area contributed by atoms with Crippen molar-refractivity contribution in [3.05, 3.63) is 34.9 Å². The van der Waals surface area contributed by atoms with Gasteiger partial charge < -0.3 is 5.11 Å². The summed E-state index contributed by atoms with van der Waals surface area (Å²) in [6.07, 6.45) is 2.51. The summed E-state index contributed by atoms with van der Waals surface area (Å²) in [6, 6.07) is 7.53. The number of hydrogen-bond acceptors (Lipinski definition) is 1. The maximum absolute atomic E-state index is 10.7. The molecule has 1 aromatic carbocycles. The van der Waals surface area contributed by atoms with Gasteiger partial charge in [-0.25, -0.2) is 0 Å². The van der Waals surface area contributed by atoms with Gasteiger partial charge in [0, 0.05) is 5.02 Å². The molecule has 0 aliphatic rings. The Labute approximate surface area is 110 Å². The molecule has 0 aromatic heterocycles. The number of halogens is 1. The molecule has 96 valence electrons. The zero-order valence-electron chi connectivity index (χ0n) is 11.3. The van der Waals surface area contributed by atoms with E-state index < -0.39 is 5.60 Å². The fraction of sp³-hybridized carbons (Fsp3) is 0.600. The Hall–Kier alpha value is -0.530. The van der Waals surface area contributed by atoms with E-state index in [1.54, 1.807) is 0 Å². The maximum atomic E-state index is 10.7. The van der Waals surface area contributed by atoms with E-state index in [1.807, 2.05) is 31.2 Å². The van der Waals surface area contributed by atoms with Crippen LogP contribution in [0.4, 0.5) is 0 Å². The summed E-state index contributed by atoms with van der Waals surface area (Å²) < 4.78 is 0. The molecule has 0 amide bonds. The van der Waals surface area contributed by atoms with Crippen LogP contribution >= 0.6 is 11.6 Å². The van der Waals surface area contributed by atoms with Crippen LogP contribution in [0.2, 0.25) is 5.02 Å². The smallest absolute Gasteiger partial charge is 0.0894 e. The van der Waals surface area contributed by atoms with Crippen molar-refractivity contribution < 1.29 is 5.11 Å². The van der Waals surface area contributed by atoms with E-state index in [0.29, 0.717) is 5.02 Å². The van der Waals surface area contributed by atoms with Crippen LogP contribution in [0.1, 0.15) is 52.5 Å². The van der Waals surface area contributed by atoms with Crippen LogP contribution in [-0.2, 0) is 5.60 Å². The van der Waals surface area contributed by atoms with Crippen molar-refractivity contribution in [3.63, 3.8) is 0 Å². The van der Waals surface area contributed by atoms with E-state index in [4.69, 9.17) is 11.6 Å². The minimum Gasteiger partial charge on any atom is -0.385 e. The molecule has 0 fully saturated rings. The van der Waals surface area contributed by atoms with Crippen molar-refractivity contribution in [2.45, 2.75) is 52.6 Å². The molecule has 2 heteroatoms. The Bertz CT molecular complexity index is 350. The Balaban J connectivity index is 2.84. The molecule has 1 rings (SSSR count). The van der Waals surface area contributed by atoms with Crippen LogP contribution in [0.25, 0.3) is 0 Å². The largest absolute Gasteiger partial charge is 0.385 e. The summed E-state index contributed by atoms with van der Waals surface area (Å²) in [5.74, 6) is 0. The zero-order valence-corrected chi connectivity index (χ0v) is 12.0. The van der Waals surface area contributed by atoms with E-state index >= 15 is 0 Å². The van der Waals surface area contributed by atoms with Crippen molar-refractivity contribution in [3.8, 4) is 0 Å². The summed E-state index contributed by atoms with van der Waals surface area (Å²) in [5, 5.41) is 11.4. The fourth-order valence-electron chi connectivity index (χ4n) is 1.87. The molecular formula is C15H23ClO.